The lowest BCUT2D eigenvalue weighted by Gasteiger charge is -2.22. The number of tetrazole rings is 1. The molecule has 0 aliphatic heterocycles. The molecule has 1 aromatic carbocycles. The zero-order chi connectivity index (χ0) is 14.8. The largest absolute Gasteiger partial charge is 0.481 e. The minimum atomic E-state index is -0.893. The standard InChI is InChI=1S/C13H15BrN4O2/c1-3-13(2,12(19)20)8-18-11(15-16-17-18)9-5-4-6-10(14)7-9/h4-7H,3,8H2,1-2H3,(H,19,20). The van der Waals surface area contributed by atoms with Gasteiger partial charge in [0, 0.05) is 10.0 Å². The summed E-state index contributed by atoms with van der Waals surface area (Å²) in [7, 11) is 0. The summed E-state index contributed by atoms with van der Waals surface area (Å²) in [6.07, 6.45) is 0.500. The number of aliphatic carboxylic acids is 1. The topological polar surface area (TPSA) is 80.9 Å². The Hall–Kier alpha value is -1.76. The number of carboxylic acid groups (broad SMARTS) is 1. The predicted molar refractivity (Wildman–Crippen MR) is 77.0 cm³/mol. The zero-order valence-electron chi connectivity index (χ0n) is 11.2. The van der Waals surface area contributed by atoms with E-state index >= 15 is 0 Å². The van der Waals surface area contributed by atoms with Gasteiger partial charge in [0.15, 0.2) is 5.82 Å². The van der Waals surface area contributed by atoms with Gasteiger partial charge >= 0.3 is 5.97 Å². The van der Waals surface area contributed by atoms with Crippen LogP contribution in [-0.4, -0.2) is 31.3 Å². The van der Waals surface area contributed by atoms with E-state index < -0.39 is 11.4 Å². The van der Waals surface area contributed by atoms with Crippen molar-refractivity contribution in [3.63, 3.8) is 0 Å². The van der Waals surface area contributed by atoms with Crippen LogP contribution < -0.4 is 0 Å². The first-order valence-corrected chi connectivity index (χ1v) is 7.01. The molecule has 1 unspecified atom stereocenters. The molecule has 0 saturated heterocycles. The quantitative estimate of drug-likeness (QED) is 0.906. The Kier molecular flexibility index (Phi) is 4.17. The van der Waals surface area contributed by atoms with Crippen LogP contribution >= 0.6 is 15.9 Å². The highest BCUT2D eigenvalue weighted by Gasteiger charge is 2.33. The monoisotopic (exact) mass is 338 g/mol. The Labute approximate surface area is 124 Å². The molecule has 2 rings (SSSR count). The normalized spacial score (nSPS) is 13.9. The van der Waals surface area contributed by atoms with E-state index in [-0.39, 0.29) is 6.54 Å². The molecule has 0 spiro atoms. The van der Waals surface area contributed by atoms with Crippen molar-refractivity contribution in [2.45, 2.75) is 26.8 Å². The van der Waals surface area contributed by atoms with Crippen molar-refractivity contribution < 1.29 is 9.90 Å². The zero-order valence-corrected chi connectivity index (χ0v) is 12.8. The highest BCUT2D eigenvalue weighted by atomic mass is 79.9. The van der Waals surface area contributed by atoms with Gasteiger partial charge in [-0.05, 0) is 35.9 Å². The van der Waals surface area contributed by atoms with Crippen molar-refractivity contribution >= 4 is 21.9 Å². The van der Waals surface area contributed by atoms with Crippen molar-refractivity contribution in [1.82, 2.24) is 20.2 Å². The SMILES string of the molecule is CCC(C)(Cn1nnnc1-c1cccc(Br)c1)C(=O)O. The van der Waals surface area contributed by atoms with Gasteiger partial charge in [-0.1, -0.05) is 35.0 Å². The molecule has 6 nitrogen and oxygen atoms in total. The minimum Gasteiger partial charge on any atom is -0.481 e. The molecule has 0 aliphatic rings. The number of carboxylic acids is 1. The van der Waals surface area contributed by atoms with Gasteiger partial charge in [-0.25, -0.2) is 4.68 Å². The Morgan fingerprint density at radius 1 is 1.50 bits per heavy atom. The first-order valence-electron chi connectivity index (χ1n) is 6.22. The summed E-state index contributed by atoms with van der Waals surface area (Å²) >= 11 is 3.40. The third-order valence-electron chi connectivity index (χ3n) is 3.41. The van der Waals surface area contributed by atoms with Crippen molar-refractivity contribution in [1.29, 1.82) is 0 Å². The van der Waals surface area contributed by atoms with E-state index in [1.807, 2.05) is 31.2 Å². The molecule has 0 radical (unpaired) electrons. The molecule has 0 saturated carbocycles. The number of nitrogens with zero attached hydrogens (tertiary/aromatic N) is 4. The van der Waals surface area contributed by atoms with E-state index in [9.17, 15) is 9.90 Å². The summed E-state index contributed by atoms with van der Waals surface area (Å²) in [6.45, 7) is 3.77. The van der Waals surface area contributed by atoms with Gasteiger partial charge in [0.05, 0.1) is 12.0 Å². The Morgan fingerprint density at radius 3 is 2.85 bits per heavy atom. The molecule has 106 valence electrons. The van der Waals surface area contributed by atoms with Crippen LogP contribution in [0.2, 0.25) is 0 Å². The van der Waals surface area contributed by atoms with Gasteiger partial charge < -0.3 is 5.11 Å². The average Bonchev–Trinajstić information content (AvgIpc) is 2.86. The summed E-state index contributed by atoms with van der Waals surface area (Å²) in [5.41, 5.74) is -0.0518. The van der Waals surface area contributed by atoms with Crippen molar-refractivity contribution in [2.24, 2.45) is 5.41 Å². The van der Waals surface area contributed by atoms with Crippen LogP contribution in [-0.2, 0) is 11.3 Å². The molecule has 1 heterocycles. The first kappa shape index (κ1) is 14.6. The molecule has 0 amide bonds. The third kappa shape index (κ3) is 2.87. The van der Waals surface area contributed by atoms with Crippen LogP contribution in [0.4, 0.5) is 0 Å². The van der Waals surface area contributed by atoms with Crippen LogP contribution in [0.5, 0.6) is 0 Å². The number of rotatable bonds is 5. The van der Waals surface area contributed by atoms with Gasteiger partial charge in [0.25, 0.3) is 0 Å². The predicted octanol–water partition coefficient (Wildman–Crippen LogP) is 2.60. The van der Waals surface area contributed by atoms with Crippen LogP contribution in [0.1, 0.15) is 20.3 Å². The Morgan fingerprint density at radius 2 is 2.25 bits per heavy atom. The Bertz CT molecular complexity index is 628. The molecule has 0 bridgehead atoms. The third-order valence-corrected chi connectivity index (χ3v) is 3.90. The second-order valence-corrected chi connectivity index (χ2v) is 5.81. The van der Waals surface area contributed by atoms with Gasteiger partial charge in [0.2, 0.25) is 0 Å². The second-order valence-electron chi connectivity index (χ2n) is 4.89. The van der Waals surface area contributed by atoms with Gasteiger partial charge in [-0.3, -0.25) is 4.79 Å². The molecule has 2 aromatic rings. The lowest BCUT2D eigenvalue weighted by atomic mass is 9.88. The maximum atomic E-state index is 11.4. The molecule has 1 atom stereocenters. The van der Waals surface area contributed by atoms with Crippen molar-refractivity contribution in [3.8, 4) is 11.4 Å². The lowest BCUT2D eigenvalue weighted by Crippen LogP contribution is -2.32. The average molecular weight is 339 g/mol. The van der Waals surface area contributed by atoms with E-state index in [0.717, 1.165) is 10.0 Å². The van der Waals surface area contributed by atoms with Crippen LogP contribution in [0.15, 0.2) is 28.7 Å². The van der Waals surface area contributed by atoms with Crippen LogP contribution in [0.3, 0.4) is 0 Å². The minimum absolute atomic E-state index is 0.230. The highest BCUT2D eigenvalue weighted by molar-refractivity contribution is 9.10. The Balaban J connectivity index is 2.37. The molecule has 7 heteroatoms. The van der Waals surface area contributed by atoms with E-state index in [1.165, 1.54) is 0 Å². The summed E-state index contributed by atoms with van der Waals surface area (Å²) in [5, 5.41) is 20.9. The molecule has 0 fully saturated rings. The lowest BCUT2D eigenvalue weighted by molar-refractivity contribution is -0.149. The number of aromatic nitrogens is 4. The molecule has 1 aromatic heterocycles. The van der Waals surface area contributed by atoms with E-state index in [4.69, 9.17) is 0 Å². The number of hydrogen-bond acceptors (Lipinski definition) is 4. The summed E-state index contributed by atoms with van der Waals surface area (Å²) in [4.78, 5) is 11.4. The first-order chi connectivity index (χ1) is 9.46. The number of hydrogen-bond donors (Lipinski definition) is 1. The van der Waals surface area contributed by atoms with Crippen LogP contribution in [0.25, 0.3) is 11.4 Å². The maximum absolute atomic E-state index is 11.4. The van der Waals surface area contributed by atoms with Gasteiger partial charge in [-0.2, -0.15) is 0 Å². The second kappa shape index (κ2) is 5.70. The summed E-state index contributed by atoms with van der Waals surface area (Å²) < 4.78 is 2.46. The highest BCUT2D eigenvalue weighted by Crippen LogP contribution is 2.27. The molecule has 20 heavy (non-hydrogen) atoms. The number of halogens is 1. The van der Waals surface area contributed by atoms with Crippen molar-refractivity contribution in [3.05, 3.63) is 28.7 Å². The number of carbonyl (C=O) groups is 1. The van der Waals surface area contributed by atoms with E-state index in [2.05, 4.69) is 31.5 Å². The molecule has 1 N–H and O–H groups in total. The summed E-state index contributed by atoms with van der Waals surface area (Å²) in [6, 6.07) is 7.57. The summed E-state index contributed by atoms with van der Waals surface area (Å²) in [5.74, 6) is -0.289. The number of benzene rings is 1. The van der Waals surface area contributed by atoms with Gasteiger partial charge in [-0.15, -0.1) is 5.10 Å². The fourth-order valence-corrected chi connectivity index (χ4v) is 2.21. The maximum Gasteiger partial charge on any atom is 0.311 e. The fourth-order valence-electron chi connectivity index (χ4n) is 1.81. The van der Waals surface area contributed by atoms with E-state index in [1.54, 1.807) is 11.6 Å². The van der Waals surface area contributed by atoms with Gasteiger partial charge in [0.1, 0.15) is 0 Å². The molecular weight excluding hydrogens is 324 g/mol. The smallest absolute Gasteiger partial charge is 0.311 e. The fraction of sp³-hybridized carbons (Fsp3) is 0.385. The van der Waals surface area contributed by atoms with Crippen LogP contribution in [0, 0.1) is 5.41 Å². The molecule has 0 aliphatic carbocycles. The van der Waals surface area contributed by atoms with E-state index in [0.29, 0.717) is 12.2 Å². The molecular formula is C13H15BrN4O2. The van der Waals surface area contributed by atoms with Crippen molar-refractivity contribution in [2.75, 3.05) is 0 Å².